The van der Waals surface area contributed by atoms with E-state index in [2.05, 4.69) is 15.0 Å². The van der Waals surface area contributed by atoms with Gasteiger partial charge in [-0.2, -0.15) is 0 Å². The zero-order valence-corrected chi connectivity index (χ0v) is 17.0. The normalized spacial score (nSPS) is 11.3. The fourth-order valence-corrected chi connectivity index (χ4v) is 3.92. The summed E-state index contributed by atoms with van der Waals surface area (Å²) in [6, 6.07) is 16.0. The van der Waals surface area contributed by atoms with E-state index in [1.807, 2.05) is 41.1 Å². The lowest BCUT2D eigenvalue weighted by Gasteiger charge is -2.10. The summed E-state index contributed by atoms with van der Waals surface area (Å²) in [5, 5.41) is 2.69. The third-order valence-electron chi connectivity index (χ3n) is 4.38. The molecule has 0 saturated carbocycles. The maximum Gasteiger partial charge on any atom is 0.240 e. The van der Waals surface area contributed by atoms with Gasteiger partial charge >= 0.3 is 0 Å². The van der Waals surface area contributed by atoms with Crippen LogP contribution in [0.3, 0.4) is 0 Å². The SMILES string of the molecule is CCC(=O)Nc1ccc(S(=O)(=O)NCCCn2ccnc2-c2ccccc2)cc1. The van der Waals surface area contributed by atoms with Crippen LogP contribution in [-0.2, 0) is 21.4 Å². The van der Waals surface area contributed by atoms with Gasteiger partial charge < -0.3 is 9.88 Å². The minimum Gasteiger partial charge on any atom is -0.331 e. The van der Waals surface area contributed by atoms with Crippen molar-refractivity contribution in [3.05, 3.63) is 67.0 Å². The molecule has 29 heavy (non-hydrogen) atoms. The van der Waals surface area contributed by atoms with Gasteiger partial charge in [0, 0.05) is 43.2 Å². The molecule has 3 rings (SSSR count). The first kappa shape index (κ1) is 20.8. The van der Waals surface area contributed by atoms with E-state index in [1.165, 1.54) is 12.1 Å². The van der Waals surface area contributed by atoms with Crippen LogP contribution >= 0.6 is 0 Å². The molecule has 0 spiro atoms. The summed E-state index contributed by atoms with van der Waals surface area (Å²) >= 11 is 0. The molecule has 1 amide bonds. The van der Waals surface area contributed by atoms with Crippen LogP contribution in [0.2, 0.25) is 0 Å². The number of imidazole rings is 1. The molecule has 2 aromatic carbocycles. The molecule has 3 aromatic rings. The van der Waals surface area contributed by atoms with Crippen LogP contribution < -0.4 is 10.0 Å². The van der Waals surface area contributed by atoms with Crippen molar-refractivity contribution in [2.45, 2.75) is 31.2 Å². The number of nitrogens with zero attached hydrogens (tertiary/aromatic N) is 2. The average Bonchev–Trinajstić information content (AvgIpc) is 3.21. The standard InChI is InChI=1S/C21H24N4O3S/c1-2-20(26)24-18-9-11-19(12-10-18)29(27,28)23-13-6-15-25-16-14-22-21(25)17-7-4-3-5-8-17/h3-5,7-12,14,16,23H,2,6,13,15H2,1H3,(H,24,26). The molecule has 152 valence electrons. The van der Waals surface area contributed by atoms with Gasteiger partial charge in [0.1, 0.15) is 5.82 Å². The number of carbonyl (C=O) groups is 1. The monoisotopic (exact) mass is 412 g/mol. The number of hydrogen-bond acceptors (Lipinski definition) is 4. The number of benzene rings is 2. The van der Waals surface area contributed by atoms with E-state index in [0.717, 1.165) is 11.4 Å². The quantitative estimate of drug-likeness (QED) is 0.528. The lowest BCUT2D eigenvalue weighted by atomic mass is 10.2. The van der Waals surface area contributed by atoms with Crippen molar-refractivity contribution < 1.29 is 13.2 Å². The van der Waals surface area contributed by atoms with Gasteiger partial charge in [-0.3, -0.25) is 4.79 Å². The number of carbonyl (C=O) groups excluding carboxylic acids is 1. The Labute approximate surface area is 170 Å². The highest BCUT2D eigenvalue weighted by Gasteiger charge is 2.13. The van der Waals surface area contributed by atoms with E-state index < -0.39 is 10.0 Å². The van der Waals surface area contributed by atoms with Gasteiger partial charge in [-0.1, -0.05) is 37.3 Å². The molecule has 8 heteroatoms. The molecule has 0 atom stereocenters. The second kappa shape index (κ2) is 9.49. The Balaban J connectivity index is 1.54. The summed E-state index contributed by atoms with van der Waals surface area (Å²) in [4.78, 5) is 16.0. The van der Waals surface area contributed by atoms with Crippen molar-refractivity contribution in [3.63, 3.8) is 0 Å². The molecule has 0 unspecified atom stereocenters. The van der Waals surface area contributed by atoms with Crippen LogP contribution in [0.15, 0.2) is 71.9 Å². The van der Waals surface area contributed by atoms with Gasteiger partial charge in [0.05, 0.1) is 4.90 Å². The van der Waals surface area contributed by atoms with Gasteiger partial charge in [-0.05, 0) is 30.7 Å². The third-order valence-corrected chi connectivity index (χ3v) is 5.86. The van der Waals surface area contributed by atoms with Crippen LogP contribution in [0.4, 0.5) is 5.69 Å². The van der Waals surface area contributed by atoms with Crippen molar-refractivity contribution in [1.82, 2.24) is 14.3 Å². The molecule has 0 fully saturated rings. The van der Waals surface area contributed by atoms with Crippen LogP contribution in [0, 0.1) is 0 Å². The highest BCUT2D eigenvalue weighted by molar-refractivity contribution is 7.89. The Morgan fingerprint density at radius 1 is 1.07 bits per heavy atom. The minimum atomic E-state index is -3.60. The van der Waals surface area contributed by atoms with Crippen molar-refractivity contribution in [2.24, 2.45) is 0 Å². The molecule has 0 saturated heterocycles. The van der Waals surface area contributed by atoms with E-state index in [1.54, 1.807) is 25.3 Å². The van der Waals surface area contributed by atoms with Gasteiger partial charge in [0.2, 0.25) is 15.9 Å². The summed E-state index contributed by atoms with van der Waals surface area (Å²) < 4.78 is 29.5. The van der Waals surface area contributed by atoms with Gasteiger partial charge in [0.25, 0.3) is 0 Å². The summed E-state index contributed by atoms with van der Waals surface area (Å²) in [6.07, 6.45) is 4.62. The van der Waals surface area contributed by atoms with E-state index in [-0.39, 0.29) is 10.8 Å². The van der Waals surface area contributed by atoms with Gasteiger partial charge in [-0.25, -0.2) is 18.1 Å². The second-order valence-corrected chi connectivity index (χ2v) is 8.25. The van der Waals surface area contributed by atoms with Crippen molar-refractivity contribution >= 4 is 21.6 Å². The van der Waals surface area contributed by atoms with Crippen LogP contribution in [0.5, 0.6) is 0 Å². The molecule has 0 aliphatic heterocycles. The van der Waals surface area contributed by atoms with E-state index in [4.69, 9.17) is 0 Å². The third kappa shape index (κ3) is 5.52. The summed E-state index contributed by atoms with van der Waals surface area (Å²) in [5.41, 5.74) is 1.60. The zero-order chi connectivity index (χ0) is 20.7. The Kier molecular flexibility index (Phi) is 6.79. The molecule has 1 aromatic heterocycles. The molecular weight excluding hydrogens is 388 g/mol. The number of amides is 1. The fourth-order valence-electron chi connectivity index (χ4n) is 2.84. The Bertz CT molecular complexity index is 1050. The zero-order valence-electron chi connectivity index (χ0n) is 16.2. The van der Waals surface area contributed by atoms with E-state index in [0.29, 0.717) is 31.6 Å². The van der Waals surface area contributed by atoms with Gasteiger partial charge in [-0.15, -0.1) is 0 Å². The maximum absolute atomic E-state index is 12.5. The molecule has 0 radical (unpaired) electrons. The number of hydrogen-bond donors (Lipinski definition) is 2. The Morgan fingerprint density at radius 2 is 1.79 bits per heavy atom. The Morgan fingerprint density at radius 3 is 2.48 bits per heavy atom. The molecule has 0 aliphatic rings. The van der Waals surface area contributed by atoms with Crippen LogP contribution in [0.25, 0.3) is 11.4 Å². The fraction of sp³-hybridized carbons (Fsp3) is 0.238. The maximum atomic E-state index is 12.5. The van der Waals surface area contributed by atoms with Gasteiger partial charge in [0.15, 0.2) is 0 Å². The summed E-state index contributed by atoms with van der Waals surface area (Å²) in [5.74, 6) is 0.742. The number of anilines is 1. The summed E-state index contributed by atoms with van der Waals surface area (Å²) in [6.45, 7) is 2.71. The average molecular weight is 413 g/mol. The molecule has 0 aliphatic carbocycles. The molecule has 1 heterocycles. The highest BCUT2D eigenvalue weighted by Crippen LogP contribution is 2.17. The largest absolute Gasteiger partial charge is 0.331 e. The van der Waals surface area contributed by atoms with Crippen molar-refractivity contribution in [2.75, 3.05) is 11.9 Å². The number of aromatic nitrogens is 2. The summed E-state index contributed by atoms with van der Waals surface area (Å²) in [7, 11) is -3.60. The molecule has 0 bridgehead atoms. The number of sulfonamides is 1. The Hall–Kier alpha value is -2.97. The van der Waals surface area contributed by atoms with Crippen molar-refractivity contribution in [1.29, 1.82) is 0 Å². The van der Waals surface area contributed by atoms with Crippen molar-refractivity contribution in [3.8, 4) is 11.4 Å². The highest BCUT2D eigenvalue weighted by atomic mass is 32.2. The van der Waals surface area contributed by atoms with Crippen LogP contribution in [0.1, 0.15) is 19.8 Å². The molecular formula is C21H24N4O3S. The van der Waals surface area contributed by atoms with E-state index >= 15 is 0 Å². The second-order valence-electron chi connectivity index (χ2n) is 6.49. The molecule has 7 nitrogen and oxygen atoms in total. The number of rotatable bonds is 9. The van der Waals surface area contributed by atoms with E-state index in [9.17, 15) is 13.2 Å². The topological polar surface area (TPSA) is 93.1 Å². The lowest BCUT2D eigenvalue weighted by Crippen LogP contribution is -2.25. The number of nitrogens with one attached hydrogen (secondary N) is 2. The first-order chi connectivity index (χ1) is 14.0. The molecule has 2 N–H and O–H groups in total. The predicted octanol–water partition coefficient (Wildman–Crippen LogP) is 3.27. The lowest BCUT2D eigenvalue weighted by molar-refractivity contribution is -0.115. The van der Waals surface area contributed by atoms with Crippen LogP contribution in [-0.4, -0.2) is 30.4 Å². The first-order valence-electron chi connectivity index (χ1n) is 9.46. The number of aryl methyl sites for hydroxylation is 1. The first-order valence-corrected chi connectivity index (χ1v) is 10.9. The smallest absolute Gasteiger partial charge is 0.240 e. The minimum absolute atomic E-state index is 0.117. The predicted molar refractivity (Wildman–Crippen MR) is 113 cm³/mol.